The third-order valence-corrected chi connectivity index (χ3v) is 7.04. The molecule has 1 unspecified atom stereocenters. The maximum Gasteiger partial charge on any atom is 0.274 e. The minimum absolute atomic E-state index is 0.0455. The quantitative estimate of drug-likeness (QED) is 0.435. The van der Waals surface area contributed by atoms with E-state index in [2.05, 4.69) is 0 Å². The van der Waals surface area contributed by atoms with Gasteiger partial charge in [-0.05, 0) is 70.4 Å². The predicted molar refractivity (Wildman–Crippen MR) is 134 cm³/mol. The van der Waals surface area contributed by atoms with Crippen LogP contribution in [0.2, 0.25) is 10.0 Å². The minimum atomic E-state index is -0.353. The van der Waals surface area contributed by atoms with Gasteiger partial charge in [-0.25, -0.2) is 4.98 Å². The molecule has 6 nitrogen and oxygen atoms in total. The summed E-state index contributed by atoms with van der Waals surface area (Å²) in [5, 5.41) is 1.06. The lowest BCUT2D eigenvalue weighted by atomic mass is 9.98. The van der Waals surface area contributed by atoms with Gasteiger partial charge < -0.3 is 14.4 Å². The summed E-state index contributed by atoms with van der Waals surface area (Å²) < 4.78 is 14.0. The zero-order chi connectivity index (χ0) is 24.4. The average molecular weight is 500 g/mol. The molecule has 2 aliphatic heterocycles. The summed E-state index contributed by atoms with van der Waals surface area (Å²) in [6.45, 7) is 8.50. The molecule has 2 aromatic carbocycles. The number of ether oxygens (including phenoxy) is 2. The third-order valence-electron chi connectivity index (χ3n) is 6.47. The maximum absolute atomic E-state index is 13.6. The van der Waals surface area contributed by atoms with Gasteiger partial charge in [0, 0.05) is 29.2 Å². The number of aromatic nitrogens is 2. The van der Waals surface area contributed by atoms with Crippen molar-refractivity contribution in [3.63, 3.8) is 0 Å². The van der Waals surface area contributed by atoms with E-state index < -0.39 is 0 Å². The zero-order valence-corrected chi connectivity index (χ0v) is 21.4. The van der Waals surface area contributed by atoms with Crippen molar-refractivity contribution in [1.82, 2.24) is 14.5 Å². The Morgan fingerprint density at radius 3 is 2.65 bits per heavy atom. The van der Waals surface area contributed by atoms with Crippen molar-refractivity contribution in [2.75, 3.05) is 13.7 Å². The van der Waals surface area contributed by atoms with Crippen LogP contribution in [0.1, 0.15) is 49.4 Å². The molecule has 2 aliphatic rings. The number of hydrogen-bond acceptors (Lipinski definition) is 4. The van der Waals surface area contributed by atoms with Gasteiger partial charge in [0.05, 0.1) is 16.4 Å². The van der Waals surface area contributed by atoms with Gasteiger partial charge in [0.15, 0.2) is 17.2 Å². The highest BCUT2D eigenvalue weighted by Gasteiger charge is 2.34. The molecule has 0 aliphatic carbocycles. The Labute approximate surface area is 209 Å². The van der Waals surface area contributed by atoms with Crippen molar-refractivity contribution >= 4 is 29.1 Å². The lowest BCUT2D eigenvalue weighted by Gasteiger charge is -2.32. The Kier molecular flexibility index (Phi) is 5.57. The predicted octanol–water partition coefficient (Wildman–Crippen LogP) is 5.97. The first-order valence-corrected chi connectivity index (χ1v) is 12.1. The summed E-state index contributed by atoms with van der Waals surface area (Å²) in [6.07, 6.45) is 1.37. The first kappa shape index (κ1) is 23.1. The molecule has 1 aromatic heterocycles. The van der Waals surface area contributed by atoms with E-state index in [0.717, 1.165) is 29.1 Å². The highest BCUT2D eigenvalue weighted by Crippen LogP contribution is 2.42. The number of halogens is 2. The van der Waals surface area contributed by atoms with E-state index in [4.69, 9.17) is 37.7 Å². The summed E-state index contributed by atoms with van der Waals surface area (Å²) in [4.78, 5) is 20.2. The van der Waals surface area contributed by atoms with Crippen molar-refractivity contribution in [2.24, 2.45) is 0 Å². The fourth-order valence-corrected chi connectivity index (χ4v) is 4.72. The summed E-state index contributed by atoms with van der Waals surface area (Å²) in [5.74, 6) is 1.88. The molecule has 1 amide bonds. The number of amides is 1. The number of imidazole rings is 1. The van der Waals surface area contributed by atoms with Crippen molar-refractivity contribution in [3.05, 3.63) is 57.3 Å². The van der Waals surface area contributed by atoms with Crippen LogP contribution in [-0.4, -0.2) is 45.7 Å². The second kappa shape index (κ2) is 8.21. The molecule has 0 saturated heterocycles. The number of aryl methyl sites for hydroxylation is 1. The number of fused-ring (bicyclic) bond motifs is 4. The summed E-state index contributed by atoms with van der Waals surface area (Å²) >= 11 is 12.9. The van der Waals surface area contributed by atoms with Crippen LogP contribution in [0.5, 0.6) is 11.5 Å². The molecular weight excluding hydrogens is 473 g/mol. The monoisotopic (exact) mass is 499 g/mol. The molecule has 3 heterocycles. The SMILES string of the molecule is CC1COc2cc3c(cc2O1)-n1c(-c2cc(Cl)ccc2Cl)nc(C(=O)N(C)C(C)(C)C)c1CC3. The van der Waals surface area contributed by atoms with E-state index in [-0.39, 0.29) is 17.6 Å². The smallest absolute Gasteiger partial charge is 0.274 e. The van der Waals surface area contributed by atoms with Crippen LogP contribution in [0.25, 0.3) is 17.1 Å². The van der Waals surface area contributed by atoms with Crippen LogP contribution in [0.3, 0.4) is 0 Å². The molecule has 1 atom stereocenters. The molecule has 3 aromatic rings. The minimum Gasteiger partial charge on any atom is -0.486 e. The van der Waals surface area contributed by atoms with Gasteiger partial charge in [-0.2, -0.15) is 0 Å². The number of benzene rings is 2. The Morgan fingerprint density at radius 1 is 1.15 bits per heavy atom. The molecule has 0 radical (unpaired) electrons. The highest BCUT2D eigenvalue weighted by molar-refractivity contribution is 6.35. The molecular formula is C26H27Cl2N3O3. The largest absolute Gasteiger partial charge is 0.486 e. The Hall–Kier alpha value is -2.70. The number of hydrogen-bond donors (Lipinski definition) is 0. The number of carbonyl (C=O) groups excluding carboxylic acids is 1. The van der Waals surface area contributed by atoms with E-state index in [0.29, 0.717) is 45.9 Å². The summed E-state index contributed by atoms with van der Waals surface area (Å²) in [7, 11) is 1.81. The lowest BCUT2D eigenvalue weighted by molar-refractivity contribution is 0.0649. The molecule has 0 N–H and O–H groups in total. The molecule has 8 heteroatoms. The van der Waals surface area contributed by atoms with E-state index >= 15 is 0 Å². The van der Waals surface area contributed by atoms with Crippen molar-refractivity contribution in [1.29, 1.82) is 0 Å². The standard InChI is InChI=1S/C26H27Cl2N3O3/c1-14-13-33-21-10-15-6-9-19-23(25(32)30(5)26(2,3)4)29-24(17-11-16(27)7-8-18(17)28)31(19)20(15)12-22(21)34-14/h7-8,10-12,14H,6,9,13H2,1-5H3. The number of nitrogens with zero attached hydrogens (tertiary/aromatic N) is 3. The van der Waals surface area contributed by atoms with Crippen LogP contribution >= 0.6 is 23.2 Å². The van der Waals surface area contributed by atoms with Gasteiger partial charge in [-0.1, -0.05) is 23.2 Å². The molecule has 0 spiro atoms. The van der Waals surface area contributed by atoms with E-state index in [1.54, 1.807) is 30.1 Å². The Morgan fingerprint density at radius 2 is 1.91 bits per heavy atom. The molecule has 0 saturated carbocycles. The van der Waals surface area contributed by atoms with Crippen LogP contribution in [0.15, 0.2) is 30.3 Å². The van der Waals surface area contributed by atoms with Gasteiger partial charge in [0.25, 0.3) is 5.91 Å². The topological polar surface area (TPSA) is 56.6 Å². The van der Waals surface area contributed by atoms with E-state index in [1.807, 2.05) is 44.4 Å². The average Bonchev–Trinajstić information content (AvgIpc) is 3.17. The van der Waals surface area contributed by atoms with Gasteiger partial charge in [-0.3, -0.25) is 9.36 Å². The normalized spacial score (nSPS) is 16.6. The Bertz CT molecular complexity index is 1310. The van der Waals surface area contributed by atoms with E-state index in [9.17, 15) is 4.79 Å². The zero-order valence-electron chi connectivity index (χ0n) is 19.9. The Balaban J connectivity index is 1.76. The van der Waals surface area contributed by atoms with Gasteiger partial charge in [-0.15, -0.1) is 0 Å². The van der Waals surface area contributed by atoms with Gasteiger partial charge >= 0.3 is 0 Å². The summed E-state index contributed by atoms with van der Waals surface area (Å²) in [5.41, 5.74) is 3.61. The van der Waals surface area contributed by atoms with Crippen molar-refractivity contribution in [2.45, 2.75) is 52.2 Å². The molecule has 5 rings (SSSR count). The molecule has 178 valence electrons. The fraction of sp³-hybridized carbons (Fsp3) is 0.385. The number of rotatable bonds is 2. The lowest BCUT2D eigenvalue weighted by Crippen LogP contribution is -2.43. The summed E-state index contributed by atoms with van der Waals surface area (Å²) in [6, 6.07) is 9.29. The fourth-order valence-electron chi connectivity index (χ4n) is 4.34. The first-order valence-electron chi connectivity index (χ1n) is 11.4. The highest BCUT2D eigenvalue weighted by atomic mass is 35.5. The van der Waals surface area contributed by atoms with E-state index in [1.165, 1.54) is 0 Å². The first-order chi connectivity index (χ1) is 16.0. The molecule has 0 bridgehead atoms. The van der Waals surface area contributed by atoms with Crippen LogP contribution in [0.4, 0.5) is 0 Å². The second-order valence-corrected chi connectivity index (χ2v) is 10.7. The maximum atomic E-state index is 13.6. The number of carbonyl (C=O) groups is 1. The van der Waals surface area contributed by atoms with Crippen molar-refractivity contribution < 1.29 is 14.3 Å². The molecule has 0 fully saturated rings. The second-order valence-electron chi connectivity index (χ2n) is 9.89. The molecule has 34 heavy (non-hydrogen) atoms. The third kappa shape index (κ3) is 3.83. The van der Waals surface area contributed by atoms with Crippen molar-refractivity contribution in [3.8, 4) is 28.6 Å². The van der Waals surface area contributed by atoms with Gasteiger partial charge in [0.2, 0.25) is 0 Å². The van der Waals surface area contributed by atoms with Crippen LogP contribution in [-0.2, 0) is 12.8 Å². The van der Waals surface area contributed by atoms with Crippen LogP contribution < -0.4 is 9.47 Å². The van der Waals surface area contributed by atoms with Gasteiger partial charge in [0.1, 0.15) is 18.5 Å². The van der Waals surface area contributed by atoms with Crippen LogP contribution in [0, 0.1) is 0 Å².